The van der Waals surface area contributed by atoms with Crippen molar-refractivity contribution in [1.82, 2.24) is 20.1 Å². The van der Waals surface area contributed by atoms with Crippen LogP contribution in [0, 0.1) is 5.41 Å². The molecule has 2 heterocycles. The molecule has 1 aromatic carbocycles. The van der Waals surface area contributed by atoms with Crippen LogP contribution >= 0.6 is 0 Å². The molecule has 3 aromatic rings. The second-order valence-corrected chi connectivity index (χ2v) is 11.3. The molecule has 1 N–H and O–H groups in total. The monoisotopic (exact) mass is 523 g/mol. The van der Waals surface area contributed by atoms with Crippen LogP contribution in [-0.2, 0) is 15.8 Å². The van der Waals surface area contributed by atoms with Crippen LogP contribution in [0.2, 0.25) is 0 Å². The molecule has 3 saturated carbocycles. The van der Waals surface area contributed by atoms with Crippen molar-refractivity contribution in [1.29, 1.82) is 0 Å². The van der Waals surface area contributed by atoms with Gasteiger partial charge in [0.15, 0.2) is 11.5 Å². The zero-order valence-corrected chi connectivity index (χ0v) is 22.3. The van der Waals surface area contributed by atoms with Gasteiger partial charge in [0.1, 0.15) is 5.75 Å². The van der Waals surface area contributed by atoms with E-state index < -0.39 is 11.8 Å². The Balaban J connectivity index is 1.15. The molecular weight excluding hydrogens is 489 g/mol. The fraction of sp³-hybridized carbons (Fsp3) is 0.536. The molecule has 10 heteroatoms. The number of hydrogen-bond donors (Lipinski definition) is 1. The van der Waals surface area contributed by atoms with Crippen LogP contribution in [0.3, 0.4) is 0 Å². The average molecular weight is 524 g/mol. The number of rotatable bonds is 8. The van der Waals surface area contributed by atoms with Crippen molar-refractivity contribution in [2.75, 3.05) is 11.9 Å². The lowest BCUT2D eigenvalue weighted by atomic mass is 9.53. The maximum atomic E-state index is 14.2. The van der Waals surface area contributed by atoms with Crippen molar-refractivity contribution in [2.45, 2.75) is 83.4 Å². The number of halogens is 1. The van der Waals surface area contributed by atoms with Gasteiger partial charge in [-0.05, 0) is 96.6 Å². The molecule has 0 atom stereocenters. The Hall–Kier alpha value is -3.56. The summed E-state index contributed by atoms with van der Waals surface area (Å²) in [6.45, 7) is 7.11. The molecule has 6 rings (SSSR count). The van der Waals surface area contributed by atoms with Gasteiger partial charge in [0.05, 0.1) is 18.4 Å². The first-order chi connectivity index (χ1) is 18.1. The number of fused-ring (bicyclic) bond motifs is 3. The lowest BCUT2D eigenvalue weighted by molar-refractivity contribution is -0.0147. The minimum atomic E-state index is -1.66. The maximum absolute atomic E-state index is 14.2. The van der Waals surface area contributed by atoms with Crippen molar-refractivity contribution in [3.05, 3.63) is 48.2 Å². The third-order valence-corrected chi connectivity index (χ3v) is 7.71. The van der Waals surface area contributed by atoms with Gasteiger partial charge in [0.2, 0.25) is 5.95 Å². The predicted octanol–water partition coefficient (Wildman–Crippen LogP) is 6.36. The van der Waals surface area contributed by atoms with Crippen molar-refractivity contribution < 1.29 is 23.2 Å². The summed E-state index contributed by atoms with van der Waals surface area (Å²) in [6.07, 6.45) is 6.34. The van der Waals surface area contributed by atoms with E-state index in [4.69, 9.17) is 14.0 Å². The number of nitrogens with one attached hydrogen (secondary N) is 1. The third kappa shape index (κ3) is 5.49. The quantitative estimate of drug-likeness (QED) is 0.363. The van der Waals surface area contributed by atoms with Crippen LogP contribution in [0.5, 0.6) is 5.75 Å². The second kappa shape index (κ2) is 9.96. The molecule has 0 aliphatic heterocycles. The van der Waals surface area contributed by atoms with Gasteiger partial charge in [-0.3, -0.25) is 5.32 Å². The lowest BCUT2D eigenvalue weighted by Gasteiger charge is -2.51. The summed E-state index contributed by atoms with van der Waals surface area (Å²) in [7, 11) is 0. The molecule has 1 amide bonds. The van der Waals surface area contributed by atoms with Crippen LogP contribution in [0.1, 0.15) is 77.9 Å². The highest BCUT2D eigenvalue weighted by Gasteiger charge is 2.52. The van der Waals surface area contributed by atoms with E-state index in [1.807, 2.05) is 38.1 Å². The van der Waals surface area contributed by atoms with Crippen molar-refractivity contribution in [3.63, 3.8) is 0 Å². The molecule has 3 fully saturated rings. The SMILES string of the molecule is CC(C)Oc1ccc(-c2ccnc(NC(=O)OCC34CCC(c5noc(C(C)(C)F)n5)(CC3)CC4)n2)cc1. The van der Waals surface area contributed by atoms with Crippen LogP contribution in [0.25, 0.3) is 11.3 Å². The van der Waals surface area contributed by atoms with Crippen LogP contribution in [0.15, 0.2) is 41.1 Å². The fourth-order valence-electron chi connectivity index (χ4n) is 5.40. The Labute approximate surface area is 221 Å². The molecule has 0 saturated heterocycles. The van der Waals surface area contributed by atoms with Gasteiger partial charge in [-0.15, -0.1) is 0 Å². The van der Waals surface area contributed by atoms with Gasteiger partial charge in [0.25, 0.3) is 5.89 Å². The minimum absolute atomic E-state index is 0.0211. The first-order valence-electron chi connectivity index (χ1n) is 13.1. The lowest BCUT2D eigenvalue weighted by Crippen LogP contribution is -2.47. The van der Waals surface area contributed by atoms with E-state index in [9.17, 15) is 9.18 Å². The van der Waals surface area contributed by atoms with Gasteiger partial charge in [0, 0.05) is 22.6 Å². The van der Waals surface area contributed by atoms with E-state index in [0.29, 0.717) is 18.1 Å². The summed E-state index contributed by atoms with van der Waals surface area (Å²) >= 11 is 0. The molecule has 3 aliphatic carbocycles. The van der Waals surface area contributed by atoms with Gasteiger partial charge in [-0.2, -0.15) is 4.98 Å². The van der Waals surface area contributed by atoms with Crippen LogP contribution in [-0.4, -0.2) is 38.9 Å². The van der Waals surface area contributed by atoms with Crippen LogP contribution in [0.4, 0.5) is 15.1 Å². The number of carbonyl (C=O) groups excluding carboxylic acids is 1. The summed E-state index contributed by atoms with van der Waals surface area (Å²) in [4.78, 5) is 25.6. The summed E-state index contributed by atoms with van der Waals surface area (Å²) in [5.41, 5.74) is -0.359. The second-order valence-electron chi connectivity index (χ2n) is 11.3. The molecule has 9 nitrogen and oxygen atoms in total. The largest absolute Gasteiger partial charge is 0.491 e. The maximum Gasteiger partial charge on any atom is 0.414 e. The highest BCUT2D eigenvalue weighted by Crippen LogP contribution is 2.57. The summed E-state index contributed by atoms with van der Waals surface area (Å²) in [6, 6.07) is 9.40. The Morgan fingerprint density at radius 2 is 1.76 bits per heavy atom. The smallest absolute Gasteiger partial charge is 0.414 e. The number of amides is 1. The van der Waals surface area contributed by atoms with E-state index in [0.717, 1.165) is 49.8 Å². The predicted molar refractivity (Wildman–Crippen MR) is 138 cm³/mol. The molecule has 38 heavy (non-hydrogen) atoms. The fourth-order valence-corrected chi connectivity index (χ4v) is 5.40. The van der Waals surface area contributed by atoms with Crippen molar-refractivity contribution >= 4 is 12.0 Å². The third-order valence-electron chi connectivity index (χ3n) is 7.71. The van der Waals surface area contributed by atoms with Crippen molar-refractivity contribution in [3.8, 4) is 17.0 Å². The molecular formula is C28H34FN5O4. The molecule has 3 aliphatic rings. The van der Waals surface area contributed by atoms with Crippen LogP contribution < -0.4 is 10.1 Å². The Morgan fingerprint density at radius 3 is 2.37 bits per heavy atom. The molecule has 2 bridgehead atoms. The number of benzene rings is 1. The van der Waals surface area contributed by atoms with Gasteiger partial charge < -0.3 is 14.0 Å². The number of alkyl halides is 1. The zero-order chi connectivity index (χ0) is 27.0. The van der Waals surface area contributed by atoms with E-state index >= 15 is 0 Å². The number of carbonyl (C=O) groups is 1. The topological polar surface area (TPSA) is 112 Å². The first kappa shape index (κ1) is 26.1. The highest BCUT2D eigenvalue weighted by molar-refractivity contribution is 5.82. The van der Waals surface area contributed by atoms with E-state index in [-0.39, 0.29) is 28.8 Å². The Morgan fingerprint density at radius 1 is 1.08 bits per heavy atom. The number of nitrogens with zero attached hydrogens (tertiary/aromatic N) is 4. The highest BCUT2D eigenvalue weighted by atomic mass is 19.1. The van der Waals surface area contributed by atoms with Gasteiger partial charge in [-0.1, -0.05) is 5.16 Å². The first-order valence-corrected chi connectivity index (χ1v) is 13.1. The average Bonchev–Trinajstić information content (AvgIpc) is 3.41. The molecule has 0 unspecified atom stereocenters. The molecule has 0 spiro atoms. The van der Waals surface area contributed by atoms with E-state index in [1.165, 1.54) is 13.8 Å². The van der Waals surface area contributed by atoms with Crippen molar-refractivity contribution in [2.24, 2.45) is 5.41 Å². The Bertz CT molecular complexity index is 1260. The number of anilines is 1. The van der Waals surface area contributed by atoms with Gasteiger partial charge in [-0.25, -0.2) is 19.2 Å². The summed E-state index contributed by atoms with van der Waals surface area (Å²) in [5, 5.41) is 6.78. The molecule has 0 radical (unpaired) electrons. The van der Waals surface area contributed by atoms with E-state index in [2.05, 4.69) is 25.4 Å². The number of hydrogen-bond acceptors (Lipinski definition) is 8. The normalized spacial score (nSPS) is 22.9. The zero-order valence-electron chi connectivity index (χ0n) is 22.3. The number of ether oxygens (including phenoxy) is 2. The summed E-state index contributed by atoms with van der Waals surface area (Å²) < 4.78 is 30.8. The van der Waals surface area contributed by atoms with Gasteiger partial charge >= 0.3 is 6.09 Å². The minimum Gasteiger partial charge on any atom is -0.491 e. The molecule has 202 valence electrons. The standard InChI is InChI=1S/C28H34FN5O4/c1-18(2)37-20-7-5-19(6-8-20)21-9-16-30-24(31-21)33-25(35)36-17-27-10-13-28(14-11-27,15-12-27)22-32-23(38-34-22)26(3,4)29/h5-9,16,18H,10-15,17H2,1-4H3,(H,30,31,33,35). The molecule has 2 aromatic heterocycles. The number of aromatic nitrogens is 4. The summed E-state index contributed by atoms with van der Waals surface area (Å²) in [5.74, 6) is 1.59. The van der Waals surface area contributed by atoms with E-state index in [1.54, 1.807) is 12.3 Å². The Kier molecular flexibility index (Phi) is 6.83.